The molecule has 2 nitrogen and oxygen atoms in total. The Hall–Kier alpha value is -1.82. The second-order valence-corrected chi connectivity index (χ2v) is 2.42. The number of nitrogens with one attached hydrogen (secondary N) is 1. The van der Waals surface area contributed by atoms with Gasteiger partial charge in [-0.3, -0.25) is 9.80 Å². The number of hydrogen-bond donors (Lipinski definition) is 1. The third-order valence-corrected chi connectivity index (χ3v) is 1.36. The Bertz CT molecular complexity index is 338. The van der Waals surface area contributed by atoms with E-state index in [4.69, 9.17) is 6.42 Å². The van der Waals surface area contributed by atoms with Crippen molar-refractivity contribution >= 4 is 0 Å². The normalized spacial score (nSPS) is 18.7. The molecule has 1 N–H and O–H groups in total. The van der Waals surface area contributed by atoms with Gasteiger partial charge in [-0.05, 0) is 11.8 Å². The molecule has 1 atom stereocenters. The molecule has 1 rings (SSSR count). The lowest BCUT2D eigenvalue weighted by molar-refractivity contribution is -0.825. The molecule has 0 aliphatic carbocycles. The molecule has 0 fully saturated rings. The third kappa shape index (κ3) is 2.43. The van der Waals surface area contributed by atoms with Crippen molar-refractivity contribution in [1.82, 2.24) is 4.90 Å². The molecule has 0 saturated carbocycles. The van der Waals surface area contributed by atoms with Crippen LogP contribution in [-0.4, -0.2) is 18.6 Å². The van der Waals surface area contributed by atoms with Crippen molar-refractivity contribution in [3.63, 3.8) is 0 Å². The molecule has 0 spiro atoms. The van der Waals surface area contributed by atoms with Gasteiger partial charge in [0.05, 0.1) is 13.2 Å². The van der Waals surface area contributed by atoms with Crippen molar-refractivity contribution < 1.29 is 4.90 Å². The van der Waals surface area contributed by atoms with E-state index in [2.05, 4.69) is 36.8 Å². The van der Waals surface area contributed by atoms with E-state index >= 15 is 0 Å². The fourth-order valence-corrected chi connectivity index (χ4v) is 0.835. The van der Waals surface area contributed by atoms with Crippen LogP contribution >= 0.6 is 0 Å². The summed E-state index contributed by atoms with van der Waals surface area (Å²) in [6.45, 7) is 0.866. The van der Waals surface area contributed by atoms with Crippen molar-refractivity contribution in [3.05, 3.63) is 12.4 Å². The van der Waals surface area contributed by atoms with E-state index in [1.54, 1.807) is 0 Å². The Morgan fingerprint density at radius 3 is 2.83 bits per heavy atom. The minimum absolute atomic E-state index is 0.866. The Kier molecular flexibility index (Phi) is 2.86. The topological polar surface area (TPSA) is 7.68 Å². The molecule has 0 radical (unpaired) electrons. The van der Waals surface area contributed by atoms with Gasteiger partial charge in [-0.15, -0.1) is 6.42 Å². The maximum absolute atomic E-state index is 4.92. The van der Waals surface area contributed by atoms with Crippen molar-refractivity contribution in [2.75, 3.05) is 13.7 Å². The zero-order chi connectivity index (χ0) is 8.81. The molecule has 1 heterocycles. The van der Waals surface area contributed by atoms with Gasteiger partial charge in [-0.25, -0.2) is 0 Å². The van der Waals surface area contributed by atoms with E-state index in [9.17, 15) is 0 Å². The summed E-state index contributed by atoms with van der Waals surface area (Å²) < 4.78 is 0. The number of hydrogen-bond acceptors (Lipinski definition) is 1. The first-order chi connectivity index (χ1) is 5.83. The molecule has 58 valence electrons. The number of rotatable bonds is 0. The average Bonchev–Trinajstić information content (AvgIpc) is 2.45. The lowest BCUT2D eigenvalue weighted by Crippen LogP contribution is -3.03. The van der Waals surface area contributed by atoms with Crippen LogP contribution in [0.3, 0.4) is 0 Å². The van der Waals surface area contributed by atoms with Crippen LogP contribution in [0.1, 0.15) is 0 Å². The monoisotopic (exact) mass is 157 g/mol. The van der Waals surface area contributed by atoms with E-state index in [1.165, 1.54) is 4.90 Å². The summed E-state index contributed by atoms with van der Waals surface area (Å²) in [5.74, 6) is 9.83. The van der Waals surface area contributed by atoms with Crippen LogP contribution in [-0.2, 0) is 0 Å². The molecule has 0 aromatic heterocycles. The van der Waals surface area contributed by atoms with Crippen LogP contribution in [0.2, 0.25) is 0 Å². The number of terminal acetylenes is 1. The van der Waals surface area contributed by atoms with Crippen LogP contribution in [0.25, 0.3) is 0 Å². The van der Waals surface area contributed by atoms with Gasteiger partial charge in [0, 0.05) is 17.9 Å². The zero-order valence-electron chi connectivity index (χ0n) is 6.89. The van der Waals surface area contributed by atoms with Gasteiger partial charge in [0.1, 0.15) is 6.20 Å². The highest BCUT2D eigenvalue weighted by Crippen LogP contribution is 1.84. The second kappa shape index (κ2) is 4.14. The lowest BCUT2D eigenvalue weighted by Gasteiger charge is -2.04. The fourth-order valence-electron chi connectivity index (χ4n) is 0.835. The standard InChI is InChI=1S/C10H8N2/c1-3-4-5-6-7-12-9-8-11(2)10-12/h1,8-9H,10H2,2H3/p+1. The summed E-state index contributed by atoms with van der Waals surface area (Å²) in [5.41, 5.74) is 0. The maximum Gasteiger partial charge on any atom is 0.168 e. The van der Waals surface area contributed by atoms with Gasteiger partial charge in [-0.1, -0.05) is 0 Å². The molecule has 0 bridgehead atoms. The first-order valence-corrected chi connectivity index (χ1v) is 3.56. The molecule has 1 aliphatic rings. The summed E-state index contributed by atoms with van der Waals surface area (Å²) in [5, 5.41) is 0. The molecule has 0 aromatic rings. The predicted molar refractivity (Wildman–Crippen MR) is 47.1 cm³/mol. The maximum atomic E-state index is 4.92. The zero-order valence-corrected chi connectivity index (χ0v) is 6.89. The number of nitrogens with zero attached hydrogens (tertiary/aromatic N) is 1. The van der Waals surface area contributed by atoms with Gasteiger partial charge < -0.3 is 0 Å². The van der Waals surface area contributed by atoms with Crippen LogP contribution < -0.4 is 4.90 Å². The minimum Gasteiger partial charge on any atom is -0.292 e. The van der Waals surface area contributed by atoms with Gasteiger partial charge in [0.2, 0.25) is 0 Å². The molecule has 0 saturated heterocycles. The summed E-state index contributed by atoms with van der Waals surface area (Å²) in [7, 11) is 2.06. The molecule has 0 aromatic carbocycles. The Balaban J connectivity index is 2.47. The van der Waals surface area contributed by atoms with E-state index in [-0.39, 0.29) is 0 Å². The molecule has 1 aliphatic heterocycles. The third-order valence-electron chi connectivity index (χ3n) is 1.36. The van der Waals surface area contributed by atoms with E-state index < -0.39 is 0 Å². The summed E-state index contributed by atoms with van der Waals surface area (Å²) in [4.78, 5) is 3.18. The smallest absolute Gasteiger partial charge is 0.168 e. The largest absolute Gasteiger partial charge is 0.292 e. The Morgan fingerprint density at radius 1 is 1.42 bits per heavy atom. The van der Waals surface area contributed by atoms with Crippen molar-refractivity contribution in [2.45, 2.75) is 0 Å². The van der Waals surface area contributed by atoms with Crippen molar-refractivity contribution in [3.8, 4) is 36.1 Å². The second-order valence-electron chi connectivity index (χ2n) is 2.42. The summed E-state index contributed by atoms with van der Waals surface area (Å²) in [6, 6.07) is 2.85. The quantitative estimate of drug-likeness (QED) is 0.436. The molecule has 0 amide bonds. The van der Waals surface area contributed by atoms with Gasteiger partial charge in [0.25, 0.3) is 0 Å². The highest BCUT2D eigenvalue weighted by Gasteiger charge is 2.08. The van der Waals surface area contributed by atoms with Gasteiger partial charge in [0.15, 0.2) is 6.67 Å². The molecule has 1 unspecified atom stereocenters. The fraction of sp³-hybridized carbons (Fsp3) is 0.200. The van der Waals surface area contributed by atoms with E-state index in [0.29, 0.717) is 0 Å². The highest BCUT2D eigenvalue weighted by molar-refractivity contribution is 5.33. The predicted octanol–water partition coefficient (Wildman–Crippen LogP) is -1.16. The first kappa shape index (κ1) is 8.28. The van der Waals surface area contributed by atoms with E-state index in [1.807, 2.05) is 17.3 Å². The minimum atomic E-state index is 0.866. The molecule has 12 heavy (non-hydrogen) atoms. The SMILES string of the molecule is C#CC#CC#CN1C=C[NH+](C)C1. The van der Waals surface area contributed by atoms with Crippen molar-refractivity contribution in [1.29, 1.82) is 0 Å². The molecule has 2 heteroatoms. The van der Waals surface area contributed by atoms with Crippen LogP contribution in [0.5, 0.6) is 0 Å². The van der Waals surface area contributed by atoms with E-state index in [0.717, 1.165) is 6.67 Å². The summed E-state index contributed by atoms with van der Waals surface area (Å²) >= 11 is 0. The lowest BCUT2D eigenvalue weighted by atomic mass is 10.6. The summed E-state index contributed by atoms with van der Waals surface area (Å²) in [6.07, 6.45) is 8.88. The van der Waals surface area contributed by atoms with Crippen molar-refractivity contribution in [2.24, 2.45) is 0 Å². The van der Waals surface area contributed by atoms with Crippen LogP contribution in [0.4, 0.5) is 0 Å². The first-order valence-electron chi connectivity index (χ1n) is 3.56. The number of quaternary nitrogens is 1. The van der Waals surface area contributed by atoms with Crippen LogP contribution in [0, 0.1) is 36.1 Å². The Labute approximate surface area is 72.8 Å². The molecular formula is C10H9N2+. The highest BCUT2D eigenvalue weighted by atomic mass is 15.3. The Morgan fingerprint density at radius 2 is 2.25 bits per heavy atom. The van der Waals surface area contributed by atoms with Gasteiger partial charge in [-0.2, -0.15) is 0 Å². The average molecular weight is 157 g/mol. The van der Waals surface area contributed by atoms with Crippen LogP contribution in [0.15, 0.2) is 12.4 Å². The molecular weight excluding hydrogens is 148 g/mol. The van der Waals surface area contributed by atoms with Gasteiger partial charge >= 0.3 is 0 Å².